The Bertz CT molecular complexity index is 989. The molecule has 2 aromatic rings. The van der Waals surface area contributed by atoms with Gasteiger partial charge in [-0.15, -0.1) is 0 Å². The smallest absolute Gasteiger partial charge is 0.416 e. The van der Waals surface area contributed by atoms with E-state index in [0.717, 1.165) is 18.2 Å². The molecule has 176 valence electrons. The van der Waals surface area contributed by atoms with Crippen molar-refractivity contribution >= 4 is 6.03 Å². The van der Waals surface area contributed by atoms with Crippen LogP contribution >= 0.6 is 0 Å². The van der Waals surface area contributed by atoms with Crippen LogP contribution in [0.3, 0.4) is 0 Å². The largest absolute Gasteiger partial charge is 0.488 e. The standard InChI is InChI=1S/C20H18F8N2O2/c1-10(2)32-16-5-11(3-4-15(16)22)9-18(20(26,27)28,30-17(29)31)12-6-13(19(23,24)25)8-14(21)7-12/h3-8,10H,9H2,1-2H3,(H3,29,30,31)/t18-/m1/s1. The minimum Gasteiger partial charge on any atom is -0.488 e. The van der Waals surface area contributed by atoms with Crippen molar-refractivity contribution in [2.45, 2.75) is 44.3 Å². The van der Waals surface area contributed by atoms with E-state index in [4.69, 9.17) is 10.5 Å². The molecule has 2 amide bonds. The molecule has 0 radical (unpaired) electrons. The summed E-state index contributed by atoms with van der Waals surface area (Å²) in [6, 6.07) is 1.21. The predicted molar refractivity (Wildman–Crippen MR) is 97.7 cm³/mol. The van der Waals surface area contributed by atoms with Crippen LogP contribution in [0.15, 0.2) is 36.4 Å². The van der Waals surface area contributed by atoms with E-state index in [-0.39, 0.29) is 23.8 Å². The van der Waals surface area contributed by atoms with E-state index in [1.165, 1.54) is 19.2 Å². The van der Waals surface area contributed by atoms with Gasteiger partial charge in [-0.05, 0) is 55.3 Å². The van der Waals surface area contributed by atoms with Gasteiger partial charge in [0.15, 0.2) is 17.1 Å². The third-order valence-corrected chi connectivity index (χ3v) is 4.37. The highest BCUT2D eigenvalue weighted by atomic mass is 19.4. The van der Waals surface area contributed by atoms with Crippen LogP contribution in [-0.2, 0) is 18.1 Å². The van der Waals surface area contributed by atoms with Crippen LogP contribution in [0.25, 0.3) is 0 Å². The molecule has 2 rings (SSSR count). The van der Waals surface area contributed by atoms with Crippen LogP contribution in [0.1, 0.15) is 30.5 Å². The number of nitrogens with two attached hydrogens (primary N) is 1. The average Bonchev–Trinajstić information content (AvgIpc) is 2.60. The van der Waals surface area contributed by atoms with Gasteiger partial charge in [-0.1, -0.05) is 6.07 Å². The number of halogens is 8. The van der Waals surface area contributed by atoms with Crippen LogP contribution in [0.5, 0.6) is 5.75 Å². The second-order valence-corrected chi connectivity index (χ2v) is 7.23. The number of hydrogen-bond donors (Lipinski definition) is 2. The number of hydrogen-bond acceptors (Lipinski definition) is 2. The van der Waals surface area contributed by atoms with E-state index >= 15 is 0 Å². The zero-order valence-corrected chi connectivity index (χ0v) is 16.7. The van der Waals surface area contributed by atoms with E-state index < -0.39 is 65.0 Å². The lowest BCUT2D eigenvalue weighted by Gasteiger charge is -2.37. The Kier molecular flexibility index (Phi) is 6.96. The average molecular weight is 470 g/mol. The van der Waals surface area contributed by atoms with E-state index in [9.17, 15) is 39.9 Å². The van der Waals surface area contributed by atoms with Crippen molar-refractivity contribution in [3.05, 3.63) is 64.7 Å². The fourth-order valence-electron chi connectivity index (χ4n) is 3.07. The minimum atomic E-state index is -5.44. The summed E-state index contributed by atoms with van der Waals surface area (Å²) in [6.07, 6.45) is -12.4. The van der Waals surface area contributed by atoms with Gasteiger partial charge >= 0.3 is 18.4 Å². The van der Waals surface area contributed by atoms with Crippen LogP contribution < -0.4 is 15.8 Å². The van der Waals surface area contributed by atoms with Gasteiger partial charge in [0.2, 0.25) is 0 Å². The van der Waals surface area contributed by atoms with Gasteiger partial charge in [0.05, 0.1) is 11.7 Å². The molecule has 0 saturated carbocycles. The Balaban J connectivity index is 2.75. The maximum atomic E-state index is 14.3. The summed E-state index contributed by atoms with van der Waals surface area (Å²) >= 11 is 0. The first-order chi connectivity index (χ1) is 14.5. The minimum absolute atomic E-state index is 0.0153. The number of carbonyl (C=O) groups is 1. The summed E-state index contributed by atoms with van der Waals surface area (Å²) in [6.45, 7) is 3.07. The number of rotatable bonds is 6. The predicted octanol–water partition coefficient (Wildman–Crippen LogP) is 5.44. The molecule has 32 heavy (non-hydrogen) atoms. The number of benzene rings is 2. The van der Waals surface area contributed by atoms with Gasteiger partial charge in [0, 0.05) is 6.42 Å². The number of urea groups is 1. The summed E-state index contributed by atoms with van der Waals surface area (Å²) in [5, 5.41) is 1.42. The van der Waals surface area contributed by atoms with Crippen LogP contribution in [0, 0.1) is 11.6 Å². The Labute approximate surface area is 177 Å². The molecule has 0 saturated heterocycles. The lowest BCUT2D eigenvalue weighted by Crippen LogP contribution is -2.59. The molecule has 12 heteroatoms. The van der Waals surface area contributed by atoms with Gasteiger partial charge in [0.1, 0.15) is 5.82 Å². The molecular weight excluding hydrogens is 452 g/mol. The molecule has 0 fully saturated rings. The Hall–Kier alpha value is -3.05. The molecule has 0 bridgehead atoms. The highest BCUT2D eigenvalue weighted by Gasteiger charge is 2.57. The lowest BCUT2D eigenvalue weighted by molar-refractivity contribution is -0.197. The van der Waals surface area contributed by atoms with Crippen molar-refractivity contribution in [3.63, 3.8) is 0 Å². The normalized spacial score (nSPS) is 14.2. The van der Waals surface area contributed by atoms with E-state index in [0.29, 0.717) is 0 Å². The van der Waals surface area contributed by atoms with Crippen molar-refractivity contribution in [1.82, 2.24) is 5.32 Å². The molecule has 0 aromatic heterocycles. The monoisotopic (exact) mass is 470 g/mol. The maximum absolute atomic E-state index is 14.3. The number of ether oxygens (including phenoxy) is 1. The van der Waals surface area contributed by atoms with Crippen LogP contribution in [0.2, 0.25) is 0 Å². The molecule has 0 unspecified atom stereocenters. The number of carbonyl (C=O) groups excluding carboxylic acids is 1. The fraction of sp³-hybridized carbons (Fsp3) is 0.350. The molecule has 0 spiro atoms. The van der Waals surface area contributed by atoms with E-state index in [1.807, 2.05) is 0 Å². The molecule has 0 aliphatic heterocycles. The number of primary amides is 1. The zero-order valence-electron chi connectivity index (χ0n) is 16.7. The molecule has 1 atom stereocenters. The van der Waals surface area contributed by atoms with E-state index in [2.05, 4.69) is 0 Å². The summed E-state index contributed by atoms with van der Waals surface area (Å²) in [5.74, 6) is -2.92. The number of amides is 2. The van der Waals surface area contributed by atoms with Crippen molar-refractivity contribution < 1.29 is 44.7 Å². The summed E-state index contributed by atoms with van der Waals surface area (Å²) in [7, 11) is 0. The Morgan fingerprint density at radius 3 is 2.09 bits per heavy atom. The van der Waals surface area contributed by atoms with Crippen molar-refractivity contribution in [2.24, 2.45) is 5.73 Å². The Morgan fingerprint density at radius 2 is 1.59 bits per heavy atom. The molecule has 0 aliphatic carbocycles. The SMILES string of the molecule is CC(C)Oc1cc(C[C@@](NC(N)=O)(c2cc(F)cc(C(F)(F)F)c2)C(F)(F)F)ccc1F. The highest BCUT2D eigenvalue weighted by Crippen LogP contribution is 2.44. The molecule has 0 aliphatic rings. The molecule has 0 heterocycles. The second-order valence-electron chi connectivity index (χ2n) is 7.23. The first-order valence-electron chi connectivity index (χ1n) is 9.03. The van der Waals surface area contributed by atoms with Crippen LogP contribution in [0.4, 0.5) is 39.9 Å². The first kappa shape index (κ1) is 25.2. The van der Waals surface area contributed by atoms with Gasteiger partial charge in [0.25, 0.3) is 0 Å². The Morgan fingerprint density at radius 1 is 1.00 bits per heavy atom. The van der Waals surface area contributed by atoms with Gasteiger partial charge in [-0.25, -0.2) is 13.6 Å². The van der Waals surface area contributed by atoms with Gasteiger partial charge < -0.3 is 15.8 Å². The van der Waals surface area contributed by atoms with Gasteiger partial charge in [-0.2, -0.15) is 26.3 Å². The number of nitrogens with one attached hydrogen (secondary N) is 1. The van der Waals surface area contributed by atoms with Gasteiger partial charge in [-0.3, -0.25) is 0 Å². The fourth-order valence-corrected chi connectivity index (χ4v) is 3.07. The molecule has 3 N–H and O–H groups in total. The van der Waals surface area contributed by atoms with Crippen molar-refractivity contribution in [3.8, 4) is 5.75 Å². The summed E-state index contributed by atoms with van der Waals surface area (Å²) in [4.78, 5) is 11.5. The summed E-state index contributed by atoms with van der Waals surface area (Å²) < 4.78 is 115. The molecule has 2 aromatic carbocycles. The quantitative estimate of drug-likeness (QED) is 0.553. The lowest BCUT2D eigenvalue weighted by atomic mass is 9.82. The van der Waals surface area contributed by atoms with Crippen molar-refractivity contribution in [1.29, 1.82) is 0 Å². The topological polar surface area (TPSA) is 64.3 Å². The third kappa shape index (κ3) is 5.60. The third-order valence-electron chi connectivity index (χ3n) is 4.37. The van der Waals surface area contributed by atoms with Crippen molar-refractivity contribution in [2.75, 3.05) is 0 Å². The zero-order chi connectivity index (χ0) is 24.5. The maximum Gasteiger partial charge on any atom is 0.416 e. The number of alkyl halides is 6. The molecule has 4 nitrogen and oxygen atoms in total. The van der Waals surface area contributed by atoms with Crippen LogP contribution in [-0.4, -0.2) is 18.3 Å². The highest BCUT2D eigenvalue weighted by molar-refractivity contribution is 5.73. The second kappa shape index (κ2) is 8.83. The first-order valence-corrected chi connectivity index (χ1v) is 9.03. The summed E-state index contributed by atoms with van der Waals surface area (Å²) in [5.41, 5.74) is -1.88. The molecular formula is C20H18F8N2O2. The van der Waals surface area contributed by atoms with E-state index in [1.54, 1.807) is 0 Å².